The summed E-state index contributed by atoms with van der Waals surface area (Å²) in [5, 5.41) is 28.9. The van der Waals surface area contributed by atoms with Gasteiger partial charge in [-0.05, 0) is 104 Å². The van der Waals surface area contributed by atoms with Crippen molar-refractivity contribution in [1.82, 2.24) is 24.6 Å². The molecule has 5 N–H and O–H groups in total. The third-order valence-corrected chi connectivity index (χ3v) is 15.2. The van der Waals surface area contributed by atoms with E-state index < -0.39 is 143 Å². The number of aliphatic hydroxyl groups excluding tert-OH is 2. The molecule has 3 aliphatic rings. The van der Waals surface area contributed by atoms with Crippen LogP contribution in [0.25, 0.3) is 0 Å². The first-order valence-corrected chi connectivity index (χ1v) is 28.2. The molecule has 2 fully saturated rings. The summed E-state index contributed by atoms with van der Waals surface area (Å²) < 4.78 is 103. The smallest absolute Gasteiger partial charge is 0.459 e. The molecule has 0 unspecified atom stereocenters. The molecule has 7 rings (SSSR count). The van der Waals surface area contributed by atoms with Gasteiger partial charge in [0, 0.05) is 18.0 Å². The first-order valence-electron chi connectivity index (χ1n) is 25.1. The number of carbonyl (C=O) groups is 5. The Morgan fingerprint density at radius 1 is 0.700 bits per heavy atom. The topological polar surface area (TPSA) is 308 Å². The van der Waals surface area contributed by atoms with Crippen LogP contribution in [0.4, 0.5) is 14.6 Å². The summed E-state index contributed by atoms with van der Waals surface area (Å²) >= 11 is 0. The number of nitrogens with zero attached hydrogens (tertiary/aromatic N) is 3. The van der Waals surface area contributed by atoms with E-state index in [1.165, 1.54) is 50.4 Å². The number of allylic oxidation sites excluding steroid dienone is 1. The Hall–Kier alpha value is -6.57. The van der Waals surface area contributed by atoms with Crippen LogP contribution in [0.15, 0.2) is 120 Å². The number of rotatable bonds is 22. The molecule has 0 spiro atoms. The van der Waals surface area contributed by atoms with Crippen LogP contribution in [0, 0.1) is 0 Å². The molecule has 24 nitrogen and oxygen atoms in total. The number of esters is 2. The molecule has 28 heteroatoms. The molecule has 0 saturated carbocycles. The maximum atomic E-state index is 15.9. The van der Waals surface area contributed by atoms with Gasteiger partial charge < -0.3 is 43.5 Å². The van der Waals surface area contributed by atoms with Gasteiger partial charge in [0.05, 0.1) is 31.8 Å². The minimum absolute atomic E-state index is 0.0747. The van der Waals surface area contributed by atoms with Gasteiger partial charge in [0.1, 0.15) is 53.8 Å². The summed E-state index contributed by atoms with van der Waals surface area (Å²) in [6.45, 7) is 10.2. The molecular weight excluding hydrogens is 1100 g/mol. The molecule has 3 aliphatic heterocycles. The van der Waals surface area contributed by atoms with E-state index in [1.54, 1.807) is 94.4 Å². The average molecular weight is 1160 g/mol. The number of amides is 2. The van der Waals surface area contributed by atoms with Crippen LogP contribution in [0.2, 0.25) is 0 Å². The fraction of sp³-hybridized carbons (Fsp3) is 0.442. The van der Waals surface area contributed by atoms with E-state index in [2.05, 4.69) is 20.5 Å². The molecule has 4 heterocycles. The van der Waals surface area contributed by atoms with Gasteiger partial charge in [-0.3, -0.25) is 42.5 Å². The zero-order valence-electron chi connectivity index (χ0n) is 44.8. The minimum atomic E-state index is -4.35. The van der Waals surface area contributed by atoms with Crippen LogP contribution < -0.4 is 30.2 Å². The molecule has 0 bridgehead atoms. The summed E-state index contributed by atoms with van der Waals surface area (Å²) in [7, 11) is -8.64. The third kappa shape index (κ3) is 16.3. The number of alkyl halides is 2. The Bertz CT molecular complexity index is 2990. The van der Waals surface area contributed by atoms with Gasteiger partial charge >= 0.3 is 33.1 Å². The van der Waals surface area contributed by atoms with Crippen LogP contribution in [0.3, 0.4) is 0 Å². The summed E-state index contributed by atoms with van der Waals surface area (Å²) in [4.78, 5) is 78.3. The molecule has 4 aromatic rings. The zero-order chi connectivity index (χ0) is 58.7. The maximum absolute atomic E-state index is 15.9. The fourth-order valence-corrected chi connectivity index (χ4v) is 10.9. The summed E-state index contributed by atoms with van der Waals surface area (Å²) in [6, 6.07) is 23.3. The van der Waals surface area contributed by atoms with Crippen molar-refractivity contribution in [3.63, 3.8) is 0 Å². The van der Waals surface area contributed by atoms with Crippen LogP contribution in [-0.4, -0.2) is 134 Å². The molecule has 2 amide bonds. The second kappa shape index (κ2) is 26.8. The number of aromatic nitrogens is 2. The summed E-state index contributed by atoms with van der Waals surface area (Å²) in [5.74, 6) is -2.83. The highest BCUT2D eigenvalue weighted by Gasteiger charge is 2.58. The number of carbonyl (C=O) groups excluding carboxylic acids is 5. The van der Waals surface area contributed by atoms with Crippen molar-refractivity contribution in [2.24, 2.45) is 0 Å². The molecule has 12 atom stereocenters. The molecule has 434 valence electrons. The second-order valence-corrected chi connectivity index (χ2v) is 22.8. The van der Waals surface area contributed by atoms with Crippen molar-refractivity contribution in [3.05, 3.63) is 132 Å². The Balaban J connectivity index is 0.000000263. The van der Waals surface area contributed by atoms with Gasteiger partial charge in [0.25, 0.3) is 5.91 Å². The number of aliphatic hydroxyl groups is 2. The van der Waals surface area contributed by atoms with Crippen molar-refractivity contribution in [1.29, 1.82) is 0 Å². The van der Waals surface area contributed by atoms with Gasteiger partial charge in [-0.25, -0.2) is 22.7 Å². The highest BCUT2D eigenvalue weighted by atomic mass is 31.2. The number of hydrogen-bond donors (Lipinski definition) is 5. The van der Waals surface area contributed by atoms with Gasteiger partial charge in [0.2, 0.25) is 5.91 Å². The van der Waals surface area contributed by atoms with Crippen molar-refractivity contribution < 1.29 is 89.1 Å². The molecule has 2 saturated heterocycles. The van der Waals surface area contributed by atoms with Gasteiger partial charge in [-0.2, -0.15) is 15.2 Å². The lowest BCUT2D eigenvalue weighted by Gasteiger charge is -2.32. The standard InChI is InChI=1S/C29H34FN4O9P.C23H30FN2O9P/c1-18(2)41-26(37)19(3)33-44(39,43-21-13-9-6-10-14-21)40-17-22-24(35)29(4,30)27(42-22)34-16-15-23(32-28(34)38)31-25(36)20-11-7-5-8-12-20;1-14(2)33-21(30)15(3)25-36(31,35-17-8-6-5-7-9-17)32-13-18-20(29)23(4,24)22(34-18)26-11-10-16(27)12-19(26)28/h5-16,18-19,22,24,27,35H,17H2,1-4H3,(H,33,39)(H,31,32,36,38);5-11,14-15,18,20,22,29H,12-13H2,1-4H3,(H,25,31)/t19-,22+,24+,27+,29+,44-;15-,18+,20+,22+,23+,36-/m00/s1. The van der Waals surface area contributed by atoms with E-state index in [0.717, 1.165) is 35.6 Å². The van der Waals surface area contributed by atoms with Crippen molar-refractivity contribution in [2.45, 2.75) is 134 Å². The van der Waals surface area contributed by atoms with Crippen LogP contribution in [0.1, 0.15) is 78.4 Å². The van der Waals surface area contributed by atoms with Crippen LogP contribution in [0.5, 0.6) is 11.5 Å². The first kappa shape index (κ1) is 62.6. The van der Waals surface area contributed by atoms with Gasteiger partial charge in [-0.15, -0.1) is 0 Å². The highest BCUT2D eigenvalue weighted by molar-refractivity contribution is 7.52. The first-order chi connectivity index (χ1) is 37.6. The Labute approximate surface area is 459 Å². The van der Waals surface area contributed by atoms with E-state index in [0.29, 0.717) is 5.56 Å². The number of para-hydroxylation sites is 2. The predicted octanol–water partition coefficient (Wildman–Crippen LogP) is 5.86. The molecule has 0 radical (unpaired) electrons. The van der Waals surface area contributed by atoms with Crippen LogP contribution >= 0.6 is 15.5 Å². The quantitative estimate of drug-likeness (QED) is 0.0349. The lowest BCUT2D eigenvalue weighted by Crippen LogP contribution is -2.51. The lowest BCUT2D eigenvalue weighted by molar-refractivity contribution is -0.151. The molecular formula is C52H64F2N6O18P2. The Kier molecular flexibility index (Phi) is 21.0. The number of anilines is 1. The predicted molar refractivity (Wildman–Crippen MR) is 281 cm³/mol. The summed E-state index contributed by atoms with van der Waals surface area (Å²) in [5.41, 5.74) is -5.59. The van der Waals surface area contributed by atoms with E-state index >= 15 is 8.78 Å². The average Bonchev–Trinajstić information content (AvgIpc) is 3.87. The van der Waals surface area contributed by atoms with Crippen molar-refractivity contribution in [3.8, 4) is 11.5 Å². The Morgan fingerprint density at radius 3 is 1.57 bits per heavy atom. The third-order valence-electron chi connectivity index (χ3n) is 12.0. The van der Waals surface area contributed by atoms with E-state index in [9.17, 15) is 48.1 Å². The van der Waals surface area contributed by atoms with E-state index in [-0.39, 0.29) is 17.3 Å². The second-order valence-electron chi connectivity index (χ2n) is 19.4. The number of halogens is 2. The number of ketones is 1. The summed E-state index contributed by atoms with van der Waals surface area (Å²) in [6.07, 6.45) is -7.56. The van der Waals surface area contributed by atoms with E-state index in [1.807, 2.05) is 0 Å². The SMILES string of the molecule is CC(C)OC(=O)[C@H](C)N[P@](=O)(OC[C@H]1O[C@@H](N2C=CC(=O)CC2=O)[C@](C)(F)[C@@H]1O)Oc1ccccc1.CC(C)OC(=O)[C@H](C)N[P@](=O)(OC[C@H]1O[C@@H](n2ccc(NC(=O)c3ccccc3)nc2=O)[C@](C)(F)[C@@H]1O)Oc1ccccc1. The zero-order valence-corrected chi connectivity index (χ0v) is 46.6. The monoisotopic (exact) mass is 1160 g/mol. The van der Waals surface area contributed by atoms with E-state index in [4.69, 9.17) is 37.0 Å². The fourth-order valence-electron chi connectivity index (χ4n) is 7.91. The number of benzene rings is 3. The maximum Gasteiger partial charge on any atom is 0.459 e. The largest absolute Gasteiger partial charge is 0.462 e. The normalized spacial score (nSPS) is 25.9. The van der Waals surface area contributed by atoms with Gasteiger partial charge in [0.15, 0.2) is 29.6 Å². The highest BCUT2D eigenvalue weighted by Crippen LogP contribution is 2.49. The van der Waals surface area contributed by atoms with Crippen LogP contribution in [-0.2, 0) is 56.3 Å². The number of nitrogens with one attached hydrogen (secondary N) is 3. The van der Waals surface area contributed by atoms with Gasteiger partial charge in [-0.1, -0.05) is 54.6 Å². The Morgan fingerprint density at radius 2 is 1.14 bits per heavy atom. The molecule has 80 heavy (non-hydrogen) atoms. The number of hydrogen-bond acceptors (Lipinski definition) is 19. The molecule has 3 aromatic carbocycles. The van der Waals surface area contributed by atoms with Crippen molar-refractivity contribution >= 4 is 50.8 Å². The molecule has 0 aliphatic carbocycles. The number of ether oxygens (including phenoxy) is 4. The van der Waals surface area contributed by atoms with Crippen molar-refractivity contribution in [2.75, 3.05) is 18.5 Å². The lowest BCUT2D eigenvalue weighted by atomic mass is 9.97. The minimum Gasteiger partial charge on any atom is -0.462 e. The molecule has 1 aromatic heterocycles.